The molecule has 2 aromatic rings. The normalized spacial score (nSPS) is 16.8. The van der Waals surface area contributed by atoms with Gasteiger partial charge < -0.3 is 9.73 Å². The Morgan fingerprint density at radius 3 is 2.54 bits per heavy atom. The molecule has 1 aliphatic rings. The van der Waals surface area contributed by atoms with Gasteiger partial charge >= 0.3 is 0 Å². The van der Waals surface area contributed by atoms with Crippen LogP contribution < -0.4 is 5.32 Å². The third-order valence-electron chi connectivity index (χ3n) is 4.81. The monoisotopic (exact) mass is 326 g/mol. The maximum atomic E-state index is 12.5. The van der Waals surface area contributed by atoms with E-state index in [2.05, 4.69) is 34.5 Å². The van der Waals surface area contributed by atoms with Gasteiger partial charge in [-0.3, -0.25) is 9.69 Å². The van der Waals surface area contributed by atoms with Crippen LogP contribution in [0.15, 0.2) is 53.1 Å². The van der Waals surface area contributed by atoms with Crippen LogP contribution in [-0.4, -0.2) is 31.4 Å². The van der Waals surface area contributed by atoms with E-state index in [0.29, 0.717) is 24.8 Å². The highest BCUT2D eigenvalue weighted by atomic mass is 16.3. The third-order valence-corrected chi connectivity index (χ3v) is 4.81. The molecule has 1 N–H and O–H groups in total. The van der Waals surface area contributed by atoms with E-state index in [1.165, 1.54) is 18.4 Å². The molecular formula is C20H26N2O2. The Morgan fingerprint density at radius 2 is 1.96 bits per heavy atom. The molecule has 1 aromatic heterocycles. The van der Waals surface area contributed by atoms with Gasteiger partial charge in [-0.05, 0) is 56.5 Å². The molecule has 24 heavy (non-hydrogen) atoms. The second-order valence-corrected chi connectivity index (χ2v) is 6.86. The summed E-state index contributed by atoms with van der Waals surface area (Å²) < 4.78 is 5.49. The fourth-order valence-corrected chi connectivity index (χ4v) is 3.26. The van der Waals surface area contributed by atoms with Crippen molar-refractivity contribution in [3.05, 3.63) is 60.1 Å². The molecular weight excluding hydrogens is 300 g/mol. The largest absolute Gasteiger partial charge is 0.468 e. The summed E-state index contributed by atoms with van der Waals surface area (Å²) in [5.41, 5.74) is 1.28. The number of rotatable bonds is 8. The lowest BCUT2D eigenvalue weighted by Gasteiger charge is -2.23. The second kappa shape index (κ2) is 7.67. The molecule has 0 aliphatic heterocycles. The average molecular weight is 326 g/mol. The molecule has 1 amide bonds. The van der Waals surface area contributed by atoms with Gasteiger partial charge in [0.25, 0.3) is 0 Å². The van der Waals surface area contributed by atoms with Crippen LogP contribution >= 0.6 is 0 Å². The predicted molar refractivity (Wildman–Crippen MR) is 94.7 cm³/mol. The zero-order valence-electron chi connectivity index (χ0n) is 14.4. The zero-order valence-corrected chi connectivity index (χ0v) is 14.4. The number of likely N-dealkylation sites (N-methyl/N-ethyl adjacent to an activating group) is 1. The van der Waals surface area contributed by atoms with Crippen LogP contribution in [0.3, 0.4) is 0 Å². The predicted octanol–water partition coefficient (Wildman–Crippen LogP) is 3.58. The van der Waals surface area contributed by atoms with Crippen molar-refractivity contribution in [1.29, 1.82) is 0 Å². The lowest BCUT2D eigenvalue weighted by atomic mass is 9.91. The number of hydrogen-bond donors (Lipinski definition) is 1. The number of carbonyl (C=O) groups is 1. The molecule has 0 radical (unpaired) electrons. The first-order valence-electron chi connectivity index (χ1n) is 8.66. The topological polar surface area (TPSA) is 45.5 Å². The van der Waals surface area contributed by atoms with E-state index in [1.807, 2.05) is 32.3 Å². The SMILES string of the molecule is CN(C)C(CNC(=O)CC(c1ccccc1)C1CC1)c1ccco1. The van der Waals surface area contributed by atoms with Gasteiger partial charge in [0, 0.05) is 13.0 Å². The van der Waals surface area contributed by atoms with Crippen molar-refractivity contribution < 1.29 is 9.21 Å². The Balaban J connectivity index is 1.58. The van der Waals surface area contributed by atoms with E-state index in [4.69, 9.17) is 4.42 Å². The van der Waals surface area contributed by atoms with Crippen molar-refractivity contribution in [1.82, 2.24) is 10.2 Å². The van der Waals surface area contributed by atoms with Crippen LogP contribution in [0.5, 0.6) is 0 Å². The van der Waals surface area contributed by atoms with E-state index in [-0.39, 0.29) is 11.9 Å². The summed E-state index contributed by atoms with van der Waals surface area (Å²) in [6, 6.07) is 14.3. The van der Waals surface area contributed by atoms with Gasteiger partial charge in [0.05, 0.1) is 12.3 Å². The standard InChI is InChI=1S/C20H26N2O2/c1-22(2)18(19-9-6-12-24-19)14-21-20(23)13-17(16-10-11-16)15-7-4-3-5-8-15/h3-9,12,16-18H,10-11,13-14H2,1-2H3,(H,21,23). The third kappa shape index (κ3) is 4.26. The van der Waals surface area contributed by atoms with Crippen LogP contribution in [0, 0.1) is 5.92 Å². The molecule has 4 heteroatoms. The number of hydrogen-bond acceptors (Lipinski definition) is 3. The van der Waals surface area contributed by atoms with Crippen LogP contribution in [0.25, 0.3) is 0 Å². The fraction of sp³-hybridized carbons (Fsp3) is 0.450. The van der Waals surface area contributed by atoms with Crippen LogP contribution in [0.1, 0.15) is 42.5 Å². The Kier molecular flexibility index (Phi) is 5.36. The molecule has 4 nitrogen and oxygen atoms in total. The molecule has 1 aliphatic carbocycles. The average Bonchev–Trinajstić information content (AvgIpc) is 3.28. The lowest BCUT2D eigenvalue weighted by molar-refractivity contribution is -0.121. The van der Waals surface area contributed by atoms with Gasteiger partial charge in [-0.2, -0.15) is 0 Å². The zero-order chi connectivity index (χ0) is 16.9. The maximum Gasteiger partial charge on any atom is 0.220 e. The van der Waals surface area contributed by atoms with Crippen molar-refractivity contribution in [2.45, 2.75) is 31.2 Å². The summed E-state index contributed by atoms with van der Waals surface area (Å²) in [5, 5.41) is 3.09. The molecule has 0 bridgehead atoms. The Hall–Kier alpha value is -2.07. The Morgan fingerprint density at radius 1 is 1.21 bits per heavy atom. The molecule has 0 spiro atoms. The summed E-state index contributed by atoms with van der Waals surface area (Å²) in [5.74, 6) is 2.00. The molecule has 2 unspecified atom stereocenters. The second-order valence-electron chi connectivity index (χ2n) is 6.86. The minimum atomic E-state index is 0.0556. The fourth-order valence-electron chi connectivity index (χ4n) is 3.26. The van der Waals surface area contributed by atoms with Crippen molar-refractivity contribution in [3.8, 4) is 0 Å². The highest BCUT2D eigenvalue weighted by molar-refractivity contribution is 5.77. The molecule has 2 atom stereocenters. The molecule has 128 valence electrons. The minimum absolute atomic E-state index is 0.0556. The number of carbonyl (C=O) groups excluding carboxylic acids is 1. The van der Waals surface area contributed by atoms with Gasteiger partial charge in [0.1, 0.15) is 5.76 Å². The van der Waals surface area contributed by atoms with Gasteiger partial charge in [-0.25, -0.2) is 0 Å². The van der Waals surface area contributed by atoms with Gasteiger partial charge in [0.2, 0.25) is 5.91 Å². The van der Waals surface area contributed by atoms with Gasteiger partial charge in [0.15, 0.2) is 0 Å². The quantitative estimate of drug-likeness (QED) is 0.806. The Bertz CT molecular complexity index is 633. The highest BCUT2D eigenvalue weighted by Gasteiger charge is 2.33. The van der Waals surface area contributed by atoms with E-state index < -0.39 is 0 Å². The maximum absolute atomic E-state index is 12.5. The number of nitrogens with one attached hydrogen (secondary N) is 1. The number of nitrogens with zero attached hydrogens (tertiary/aromatic N) is 1. The van der Waals surface area contributed by atoms with Crippen molar-refractivity contribution in [2.75, 3.05) is 20.6 Å². The number of benzene rings is 1. The molecule has 3 rings (SSSR count). The number of furan rings is 1. The first kappa shape index (κ1) is 16.8. The summed E-state index contributed by atoms with van der Waals surface area (Å²) in [6.45, 7) is 0.561. The summed E-state index contributed by atoms with van der Waals surface area (Å²) in [7, 11) is 3.99. The van der Waals surface area contributed by atoms with E-state index in [0.717, 1.165) is 5.76 Å². The smallest absolute Gasteiger partial charge is 0.220 e. The van der Waals surface area contributed by atoms with Gasteiger partial charge in [-0.15, -0.1) is 0 Å². The molecule has 1 heterocycles. The lowest BCUT2D eigenvalue weighted by Crippen LogP contribution is -2.35. The first-order valence-corrected chi connectivity index (χ1v) is 8.66. The van der Waals surface area contributed by atoms with Crippen LogP contribution in [-0.2, 0) is 4.79 Å². The summed E-state index contributed by atoms with van der Waals surface area (Å²) in [4.78, 5) is 14.6. The molecule has 1 saturated carbocycles. The van der Waals surface area contributed by atoms with Crippen molar-refractivity contribution in [2.24, 2.45) is 5.92 Å². The highest BCUT2D eigenvalue weighted by Crippen LogP contribution is 2.44. The van der Waals surface area contributed by atoms with Crippen molar-refractivity contribution >= 4 is 5.91 Å². The van der Waals surface area contributed by atoms with E-state index >= 15 is 0 Å². The summed E-state index contributed by atoms with van der Waals surface area (Å²) >= 11 is 0. The van der Waals surface area contributed by atoms with Gasteiger partial charge in [-0.1, -0.05) is 30.3 Å². The van der Waals surface area contributed by atoms with E-state index in [9.17, 15) is 4.79 Å². The minimum Gasteiger partial charge on any atom is -0.468 e. The molecule has 1 aromatic carbocycles. The summed E-state index contributed by atoms with van der Waals surface area (Å²) in [6.07, 6.45) is 4.71. The number of amides is 1. The van der Waals surface area contributed by atoms with Crippen LogP contribution in [0.4, 0.5) is 0 Å². The Labute approximate surface area is 143 Å². The van der Waals surface area contributed by atoms with Crippen molar-refractivity contribution in [3.63, 3.8) is 0 Å². The first-order chi connectivity index (χ1) is 11.6. The molecule has 0 saturated heterocycles. The van der Waals surface area contributed by atoms with Crippen LogP contribution in [0.2, 0.25) is 0 Å². The van der Waals surface area contributed by atoms with E-state index in [1.54, 1.807) is 6.26 Å². The molecule has 1 fully saturated rings.